The molecule has 0 heterocycles. The molecule has 0 spiro atoms. The minimum absolute atomic E-state index is 0. The van der Waals surface area contributed by atoms with Crippen LogP contribution >= 0.6 is 24.0 Å². The van der Waals surface area contributed by atoms with E-state index in [1.54, 1.807) is 0 Å². The molecule has 0 radical (unpaired) electrons. The topological polar surface area (TPSA) is 36.9 Å². The number of nitrogens with zero attached hydrogens (tertiary/aromatic N) is 2. The van der Waals surface area contributed by atoms with Crippen LogP contribution in [0, 0.1) is 5.41 Å². The highest BCUT2D eigenvalue weighted by molar-refractivity contribution is 14.0. The second kappa shape index (κ2) is 13.0. The Bertz CT molecular complexity index is 343. The average Bonchev–Trinajstić information content (AvgIpc) is 3.28. The molecule has 0 atom stereocenters. The van der Waals surface area contributed by atoms with Crippen molar-refractivity contribution >= 4 is 29.9 Å². The molecule has 1 rings (SSSR count). The minimum Gasteiger partial charge on any atom is -0.382 e. The van der Waals surface area contributed by atoms with Gasteiger partial charge in [0.25, 0.3) is 0 Å². The minimum atomic E-state index is 0. The van der Waals surface area contributed by atoms with Crippen LogP contribution in [0.3, 0.4) is 0 Å². The van der Waals surface area contributed by atoms with Crippen LogP contribution in [0.1, 0.15) is 51.9 Å². The zero-order valence-electron chi connectivity index (χ0n) is 15.3. The first kappa shape index (κ1) is 22.7. The van der Waals surface area contributed by atoms with Crippen LogP contribution in [-0.4, -0.2) is 51.3 Å². The van der Waals surface area contributed by atoms with Gasteiger partial charge in [-0.1, -0.05) is 12.5 Å². The number of allylic oxidation sites excluding steroid dienone is 1. The summed E-state index contributed by atoms with van der Waals surface area (Å²) in [7, 11) is 4.00. The lowest BCUT2D eigenvalue weighted by atomic mass is 10.0. The molecule has 0 aliphatic heterocycles. The van der Waals surface area contributed by atoms with Crippen molar-refractivity contribution in [1.82, 2.24) is 10.2 Å². The maximum absolute atomic E-state index is 5.50. The molecule has 1 saturated carbocycles. The highest BCUT2D eigenvalue weighted by Gasteiger charge is 2.42. The predicted molar refractivity (Wildman–Crippen MR) is 111 cm³/mol. The Kier molecular flexibility index (Phi) is 12.9. The molecule has 4 nitrogen and oxygen atoms in total. The van der Waals surface area contributed by atoms with Gasteiger partial charge in [-0.15, -0.1) is 30.6 Å². The van der Waals surface area contributed by atoms with Gasteiger partial charge in [0.2, 0.25) is 0 Å². The second-order valence-electron chi connectivity index (χ2n) is 6.41. The number of hydrogen-bond donors (Lipinski definition) is 1. The van der Waals surface area contributed by atoms with Crippen molar-refractivity contribution in [3.8, 4) is 0 Å². The smallest absolute Gasteiger partial charge is 0.193 e. The van der Waals surface area contributed by atoms with Gasteiger partial charge in [-0.25, -0.2) is 0 Å². The first-order chi connectivity index (χ1) is 10.7. The molecule has 0 bridgehead atoms. The van der Waals surface area contributed by atoms with E-state index in [9.17, 15) is 0 Å². The van der Waals surface area contributed by atoms with Gasteiger partial charge in [-0.05, 0) is 50.9 Å². The quantitative estimate of drug-likeness (QED) is 0.165. The molecular weight excluding hydrogens is 401 g/mol. The Balaban J connectivity index is 0.00000484. The maximum atomic E-state index is 5.50. The summed E-state index contributed by atoms with van der Waals surface area (Å²) < 4.78 is 5.50. The highest BCUT2D eigenvalue weighted by atomic mass is 127. The summed E-state index contributed by atoms with van der Waals surface area (Å²) in [6, 6.07) is 0. The molecular formula is C18H36IN3O. The fourth-order valence-electron chi connectivity index (χ4n) is 2.70. The number of hydrogen-bond acceptors (Lipinski definition) is 2. The lowest BCUT2D eigenvalue weighted by Gasteiger charge is -2.24. The van der Waals surface area contributed by atoms with Crippen molar-refractivity contribution < 1.29 is 4.74 Å². The van der Waals surface area contributed by atoms with Gasteiger partial charge in [-0.3, -0.25) is 4.99 Å². The third kappa shape index (κ3) is 9.55. The summed E-state index contributed by atoms with van der Waals surface area (Å²) in [5, 5.41) is 3.56. The molecule has 1 N–H and O–H groups in total. The number of guanidine groups is 1. The third-order valence-corrected chi connectivity index (χ3v) is 4.53. The van der Waals surface area contributed by atoms with Gasteiger partial charge < -0.3 is 15.0 Å². The Labute approximate surface area is 160 Å². The zero-order valence-corrected chi connectivity index (χ0v) is 17.6. The van der Waals surface area contributed by atoms with Crippen LogP contribution in [0.4, 0.5) is 0 Å². The summed E-state index contributed by atoms with van der Waals surface area (Å²) in [5.74, 6) is 1.02. The van der Waals surface area contributed by atoms with E-state index in [-0.39, 0.29) is 24.0 Å². The number of rotatable bonds is 12. The summed E-state index contributed by atoms with van der Waals surface area (Å²) in [6.45, 7) is 9.61. The number of halogens is 1. The van der Waals surface area contributed by atoms with E-state index in [4.69, 9.17) is 4.74 Å². The summed E-state index contributed by atoms with van der Waals surface area (Å²) in [5.41, 5.74) is 0.454. The fourth-order valence-corrected chi connectivity index (χ4v) is 2.70. The van der Waals surface area contributed by atoms with Gasteiger partial charge in [0, 0.05) is 40.4 Å². The third-order valence-electron chi connectivity index (χ3n) is 4.53. The molecule has 0 aromatic carbocycles. The van der Waals surface area contributed by atoms with Crippen molar-refractivity contribution in [2.75, 3.05) is 40.4 Å². The Morgan fingerprint density at radius 1 is 1.35 bits per heavy atom. The van der Waals surface area contributed by atoms with E-state index in [0.29, 0.717) is 5.41 Å². The van der Waals surface area contributed by atoms with E-state index < -0.39 is 0 Å². The van der Waals surface area contributed by atoms with Gasteiger partial charge in [-0.2, -0.15) is 0 Å². The van der Waals surface area contributed by atoms with Crippen LogP contribution in [0.2, 0.25) is 0 Å². The molecule has 1 fully saturated rings. The largest absolute Gasteiger partial charge is 0.382 e. The predicted octanol–water partition coefficient (Wildman–Crippen LogP) is 4.06. The molecule has 136 valence electrons. The Hall–Kier alpha value is -0.300. The van der Waals surface area contributed by atoms with Crippen LogP contribution in [0.15, 0.2) is 17.6 Å². The van der Waals surface area contributed by atoms with Gasteiger partial charge in [0.15, 0.2) is 5.96 Å². The lowest BCUT2D eigenvalue weighted by molar-refractivity contribution is 0.128. The zero-order chi connectivity index (χ0) is 16.3. The van der Waals surface area contributed by atoms with Crippen molar-refractivity contribution in [3.63, 3.8) is 0 Å². The number of nitrogens with one attached hydrogen (secondary N) is 1. The van der Waals surface area contributed by atoms with Crippen molar-refractivity contribution in [2.24, 2.45) is 10.4 Å². The SMILES string of the molecule is C=CCCCCCN(C)C(=NC)NCC1(CCOCC)CC1.I. The van der Waals surface area contributed by atoms with Crippen molar-refractivity contribution in [1.29, 1.82) is 0 Å². The second-order valence-corrected chi connectivity index (χ2v) is 6.41. The van der Waals surface area contributed by atoms with Crippen LogP contribution in [-0.2, 0) is 4.74 Å². The molecule has 0 unspecified atom stereocenters. The molecule has 1 aliphatic rings. The van der Waals surface area contributed by atoms with Crippen molar-refractivity contribution in [2.45, 2.75) is 51.9 Å². The molecule has 0 amide bonds. The number of aliphatic imine (C=N–C) groups is 1. The van der Waals surface area contributed by atoms with E-state index in [1.165, 1.54) is 32.1 Å². The summed E-state index contributed by atoms with van der Waals surface area (Å²) >= 11 is 0. The Morgan fingerprint density at radius 3 is 2.65 bits per heavy atom. The number of ether oxygens (including phenoxy) is 1. The standard InChI is InChI=1S/C18H35N3O.HI/c1-5-7-8-9-10-14-21(4)17(19-3)20-16-18(11-12-18)13-15-22-6-2;/h5H,1,6-16H2,2-4H3,(H,19,20);1H. The summed E-state index contributed by atoms with van der Waals surface area (Å²) in [4.78, 5) is 6.66. The molecule has 23 heavy (non-hydrogen) atoms. The number of unbranched alkanes of at least 4 members (excludes halogenated alkanes) is 3. The summed E-state index contributed by atoms with van der Waals surface area (Å²) in [6.07, 6.45) is 10.6. The van der Waals surface area contributed by atoms with Gasteiger partial charge in [0.05, 0.1) is 0 Å². The maximum Gasteiger partial charge on any atom is 0.193 e. The van der Waals surface area contributed by atoms with E-state index in [2.05, 4.69) is 35.8 Å². The lowest BCUT2D eigenvalue weighted by Crippen LogP contribution is -2.42. The fraction of sp³-hybridized carbons (Fsp3) is 0.833. The monoisotopic (exact) mass is 437 g/mol. The first-order valence-corrected chi connectivity index (χ1v) is 8.78. The molecule has 0 aromatic heterocycles. The Morgan fingerprint density at radius 2 is 2.09 bits per heavy atom. The van der Waals surface area contributed by atoms with E-state index in [1.807, 2.05) is 13.1 Å². The molecule has 0 saturated heterocycles. The highest BCUT2D eigenvalue weighted by Crippen LogP contribution is 2.48. The molecule has 1 aliphatic carbocycles. The van der Waals surface area contributed by atoms with Crippen LogP contribution in [0.5, 0.6) is 0 Å². The van der Waals surface area contributed by atoms with Gasteiger partial charge >= 0.3 is 0 Å². The molecule has 0 aromatic rings. The van der Waals surface area contributed by atoms with Crippen LogP contribution < -0.4 is 5.32 Å². The van der Waals surface area contributed by atoms with Gasteiger partial charge in [0.1, 0.15) is 0 Å². The molecule has 5 heteroatoms. The van der Waals surface area contributed by atoms with E-state index >= 15 is 0 Å². The normalized spacial score (nSPS) is 15.7. The van der Waals surface area contributed by atoms with Crippen molar-refractivity contribution in [3.05, 3.63) is 12.7 Å². The first-order valence-electron chi connectivity index (χ1n) is 8.78. The van der Waals surface area contributed by atoms with E-state index in [0.717, 1.165) is 45.1 Å². The van der Waals surface area contributed by atoms with Crippen LogP contribution in [0.25, 0.3) is 0 Å². The average molecular weight is 437 g/mol.